The molecule has 0 spiro atoms. The zero-order valence-electron chi connectivity index (χ0n) is 13.2. The van der Waals surface area contributed by atoms with E-state index in [9.17, 15) is 0 Å². The minimum atomic E-state index is 0.855. The molecule has 1 aromatic rings. The quantitative estimate of drug-likeness (QED) is 0.822. The van der Waals surface area contributed by atoms with Gasteiger partial charge in [0.1, 0.15) is 0 Å². The van der Waals surface area contributed by atoms with Crippen LogP contribution in [-0.2, 0) is 19.3 Å². The lowest BCUT2D eigenvalue weighted by Crippen LogP contribution is -2.30. The Kier molecular flexibility index (Phi) is 4.03. The molecule has 3 aliphatic carbocycles. The summed E-state index contributed by atoms with van der Waals surface area (Å²) in [7, 11) is 0. The molecule has 0 heterocycles. The number of fused-ring (bicyclic) bond motifs is 1. The van der Waals surface area contributed by atoms with E-state index >= 15 is 0 Å². The fraction of sp³-hybridized carbons (Fsp3) is 0.700. The highest BCUT2D eigenvalue weighted by atomic mass is 14.9. The van der Waals surface area contributed by atoms with Gasteiger partial charge in [0.05, 0.1) is 0 Å². The smallest absolute Gasteiger partial charge is 0.00683 e. The maximum atomic E-state index is 3.81. The van der Waals surface area contributed by atoms with Crippen molar-refractivity contribution in [3.8, 4) is 0 Å². The van der Waals surface area contributed by atoms with E-state index in [1.54, 1.807) is 16.7 Å². The van der Waals surface area contributed by atoms with Gasteiger partial charge in [-0.05, 0) is 73.6 Å². The second-order valence-electron chi connectivity index (χ2n) is 7.65. The van der Waals surface area contributed by atoms with Crippen molar-refractivity contribution in [1.29, 1.82) is 0 Å². The van der Waals surface area contributed by atoms with Crippen LogP contribution in [0.2, 0.25) is 0 Å². The number of hydrogen-bond acceptors (Lipinski definition) is 1. The van der Waals surface area contributed by atoms with Crippen molar-refractivity contribution < 1.29 is 0 Å². The zero-order chi connectivity index (χ0) is 14.1. The van der Waals surface area contributed by atoms with Crippen LogP contribution in [0.5, 0.6) is 0 Å². The van der Waals surface area contributed by atoms with Gasteiger partial charge in [-0.15, -0.1) is 0 Å². The summed E-state index contributed by atoms with van der Waals surface area (Å²) < 4.78 is 0. The summed E-state index contributed by atoms with van der Waals surface area (Å²) >= 11 is 0. The van der Waals surface area contributed by atoms with Crippen molar-refractivity contribution in [3.05, 3.63) is 34.9 Å². The van der Waals surface area contributed by atoms with E-state index in [-0.39, 0.29) is 0 Å². The Morgan fingerprint density at radius 2 is 1.76 bits per heavy atom. The first-order valence-corrected chi connectivity index (χ1v) is 9.22. The molecular formula is C20H29N. The SMILES string of the molecule is c1cc2c(cc1CC(CNC1CC1)C1CCCC1)CCC2. The van der Waals surface area contributed by atoms with Crippen molar-refractivity contribution in [2.24, 2.45) is 11.8 Å². The second kappa shape index (κ2) is 6.12. The van der Waals surface area contributed by atoms with Crippen LogP contribution >= 0.6 is 0 Å². The van der Waals surface area contributed by atoms with E-state index in [0.717, 1.165) is 17.9 Å². The highest BCUT2D eigenvalue weighted by molar-refractivity contribution is 5.35. The Bertz CT molecular complexity index is 483. The van der Waals surface area contributed by atoms with Crippen LogP contribution in [0.4, 0.5) is 0 Å². The number of benzene rings is 1. The van der Waals surface area contributed by atoms with Crippen molar-refractivity contribution in [3.63, 3.8) is 0 Å². The summed E-state index contributed by atoms with van der Waals surface area (Å²) in [6, 6.07) is 8.22. The predicted octanol–water partition coefficient (Wildman–Crippen LogP) is 4.28. The molecule has 21 heavy (non-hydrogen) atoms. The Labute approximate surface area is 129 Å². The van der Waals surface area contributed by atoms with Crippen LogP contribution in [0, 0.1) is 11.8 Å². The molecule has 1 heteroatoms. The predicted molar refractivity (Wildman–Crippen MR) is 88.6 cm³/mol. The maximum absolute atomic E-state index is 3.81. The molecule has 0 aliphatic heterocycles. The van der Waals surface area contributed by atoms with Gasteiger partial charge in [-0.3, -0.25) is 0 Å². The maximum Gasteiger partial charge on any atom is 0.00683 e. The third-order valence-corrected chi connectivity index (χ3v) is 5.97. The van der Waals surface area contributed by atoms with Gasteiger partial charge in [0.2, 0.25) is 0 Å². The van der Waals surface area contributed by atoms with Gasteiger partial charge in [0, 0.05) is 6.04 Å². The summed E-state index contributed by atoms with van der Waals surface area (Å²) in [5.74, 6) is 1.84. The molecule has 1 nitrogen and oxygen atoms in total. The molecule has 0 saturated heterocycles. The van der Waals surface area contributed by atoms with Gasteiger partial charge < -0.3 is 5.32 Å². The Morgan fingerprint density at radius 3 is 2.57 bits per heavy atom. The molecule has 2 saturated carbocycles. The lowest BCUT2D eigenvalue weighted by Gasteiger charge is -2.24. The molecule has 0 radical (unpaired) electrons. The standard InChI is InChI=1S/C20H29N/c1-2-5-16(4-1)19(14-21-20-10-11-20)13-15-8-9-17-6-3-7-18(17)12-15/h8-9,12,16,19-21H,1-7,10-11,13-14H2. The largest absolute Gasteiger partial charge is 0.314 e. The number of hydrogen-bond donors (Lipinski definition) is 1. The fourth-order valence-electron chi connectivity index (χ4n) is 4.49. The minimum absolute atomic E-state index is 0.855. The zero-order valence-corrected chi connectivity index (χ0v) is 13.2. The molecule has 3 aliphatic rings. The first-order chi connectivity index (χ1) is 10.4. The first-order valence-electron chi connectivity index (χ1n) is 9.22. The van der Waals surface area contributed by atoms with Gasteiger partial charge in [0.25, 0.3) is 0 Å². The Hall–Kier alpha value is -0.820. The van der Waals surface area contributed by atoms with Crippen LogP contribution in [-0.4, -0.2) is 12.6 Å². The van der Waals surface area contributed by atoms with Gasteiger partial charge in [-0.25, -0.2) is 0 Å². The van der Waals surface area contributed by atoms with Gasteiger partial charge in [-0.1, -0.05) is 43.9 Å². The molecule has 1 aromatic carbocycles. The summed E-state index contributed by atoms with van der Waals surface area (Å²) in [6.07, 6.45) is 14.0. The lowest BCUT2D eigenvalue weighted by molar-refractivity contribution is 0.320. The third-order valence-electron chi connectivity index (χ3n) is 5.97. The highest BCUT2D eigenvalue weighted by Gasteiger charge is 2.28. The van der Waals surface area contributed by atoms with Gasteiger partial charge in [-0.2, -0.15) is 0 Å². The van der Waals surface area contributed by atoms with E-state index < -0.39 is 0 Å². The van der Waals surface area contributed by atoms with Crippen molar-refractivity contribution in [2.45, 2.75) is 70.3 Å². The van der Waals surface area contributed by atoms with E-state index in [1.807, 2.05) is 0 Å². The topological polar surface area (TPSA) is 12.0 Å². The molecule has 4 rings (SSSR count). The molecule has 1 N–H and O–H groups in total. The molecule has 1 unspecified atom stereocenters. The van der Waals surface area contributed by atoms with Crippen molar-refractivity contribution in [1.82, 2.24) is 5.32 Å². The lowest BCUT2D eigenvalue weighted by atomic mass is 9.85. The van der Waals surface area contributed by atoms with Crippen LogP contribution in [0.1, 0.15) is 61.6 Å². The number of aryl methyl sites for hydroxylation is 2. The van der Waals surface area contributed by atoms with Gasteiger partial charge in [0.15, 0.2) is 0 Å². The van der Waals surface area contributed by atoms with E-state index in [0.29, 0.717) is 0 Å². The number of rotatable bonds is 6. The van der Waals surface area contributed by atoms with E-state index in [2.05, 4.69) is 23.5 Å². The summed E-state index contributed by atoms with van der Waals surface area (Å²) in [4.78, 5) is 0. The Morgan fingerprint density at radius 1 is 0.952 bits per heavy atom. The summed E-state index contributed by atoms with van der Waals surface area (Å²) in [5.41, 5.74) is 4.87. The van der Waals surface area contributed by atoms with E-state index in [4.69, 9.17) is 0 Å². The third kappa shape index (κ3) is 3.34. The first kappa shape index (κ1) is 13.8. The molecule has 114 valence electrons. The normalized spacial score (nSPS) is 23.4. The van der Waals surface area contributed by atoms with E-state index in [1.165, 1.54) is 70.8 Å². The molecule has 0 bridgehead atoms. The fourth-order valence-corrected chi connectivity index (χ4v) is 4.49. The molecule has 1 atom stereocenters. The monoisotopic (exact) mass is 283 g/mol. The molecule has 2 fully saturated rings. The highest BCUT2D eigenvalue weighted by Crippen LogP contribution is 2.34. The molecular weight excluding hydrogens is 254 g/mol. The average molecular weight is 283 g/mol. The van der Waals surface area contributed by atoms with Crippen LogP contribution in [0.3, 0.4) is 0 Å². The number of nitrogens with one attached hydrogen (secondary N) is 1. The minimum Gasteiger partial charge on any atom is -0.314 e. The average Bonchev–Trinajstić information content (AvgIpc) is 3.00. The van der Waals surface area contributed by atoms with Crippen LogP contribution in [0.25, 0.3) is 0 Å². The van der Waals surface area contributed by atoms with Crippen molar-refractivity contribution in [2.75, 3.05) is 6.54 Å². The van der Waals surface area contributed by atoms with Crippen LogP contribution in [0.15, 0.2) is 18.2 Å². The Balaban J connectivity index is 1.44. The van der Waals surface area contributed by atoms with Crippen molar-refractivity contribution >= 4 is 0 Å². The molecule has 0 aromatic heterocycles. The summed E-state index contributed by atoms with van der Waals surface area (Å²) in [6.45, 7) is 1.26. The second-order valence-corrected chi connectivity index (χ2v) is 7.65. The molecule has 0 amide bonds. The van der Waals surface area contributed by atoms with Crippen LogP contribution < -0.4 is 5.32 Å². The van der Waals surface area contributed by atoms with Gasteiger partial charge >= 0.3 is 0 Å². The summed E-state index contributed by atoms with van der Waals surface area (Å²) in [5, 5.41) is 3.81.